The number of hydrogen-bond acceptors (Lipinski definition) is 3. The van der Waals surface area contributed by atoms with Gasteiger partial charge in [-0.15, -0.1) is 0 Å². The molecule has 0 spiro atoms. The highest BCUT2D eigenvalue weighted by Gasteiger charge is 2.18. The number of aromatic nitrogens is 1. The molecule has 0 unspecified atom stereocenters. The Morgan fingerprint density at radius 3 is 2.52 bits per heavy atom. The lowest BCUT2D eigenvalue weighted by molar-refractivity contribution is 0.102. The maximum absolute atomic E-state index is 12.8. The fourth-order valence-electron chi connectivity index (χ4n) is 3.60. The predicted octanol–water partition coefficient (Wildman–Crippen LogP) is 3.77. The van der Waals surface area contributed by atoms with E-state index in [0.717, 1.165) is 54.6 Å². The third-order valence-electron chi connectivity index (χ3n) is 4.73. The summed E-state index contributed by atoms with van der Waals surface area (Å²) in [6.07, 6.45) is 0. The quantitative estimate of drug-likeness (QED) is 0.921. The molecule has 1 aromatic carbocycles. The minimum atomic E-state index is -0.0564. The van der Waals surface area contributed by atoms with Crippen LogP contribution in [0.1, 0.15) is 41.6 Å². The van der Waals surface area contributed by atoms with E-state index >= 15 is 0 Å². The number of nitrogens with one attached hydrogen (secondary N) is 1. The van der Waals surface area contributed by atoms with Crippen LogP contribution in [-0.2, 0) is 4.74 Å². The van der Waals surface area contributed by atoms with Crippen molar-refractivity contribution in [2.24, 2.45) is 0 Å². The molecule has 5 nitrogen and oxygen atoms in total. The maximum Gasteiger partial charge on any atom is 0.257 e. The fraction of sp³-hybridized carbons (Fsp3) is 0.450. The number of morpholine rings is 1. The van der Waals surface area contributed by atoms with Crippen LogP contribution >= 0.6 is 0 Å². The largest absolute Gasteiger partial charge is 0.378 e. The summed E-state index contributed by atoms with van der Waals surface area (Å²) in [5.41, 5.74) is 4.80. The van der Waals surface area contributed by atoms with Gasteiger partial charge in [-0.2, -0.15) is 0 Å². The Hall–Kier alpha value is -2.27. The monoisotopic (exact) mass is 341 g/mol. The van der Waals surface area contributed by atoms with Crippen molar-refractivity contribution in [3.63, 3.8) is 0 Å². The molecule has 25 heavy (non-hydrogen) atoms. The van der Waals surface area contributed by atoms with Crippen LogP contribution in [0, 0.1) is 13.8 Å². The van der Waals surface area contributed by atoms with Gasteiger partial charge in [0.15, 0.2) is 0 Å². The van der Waals surface area contributed by atoms with Crippen molar-refractivity contribution in [2.45, 2.75) is 33.7 Å². The summed E-state index contributed by atoms with van der Waals surface area (Å²) >= 11 is 0. The molecule has 2 aromatic rings. The van der Waals surface area contributed by atoms with E-state index in [-0.39, 0.29) is 5.91 Å². The van der Waals surface area contributed by atoms with E-state index < -0.39 is 0 Å². The first kappa shape index (κ1) is 17.5. The lowest BCUT2D eigenvalue weighted by Gasteiger charge is -2.29. The average molecular weight is 341 g/mol. The van der Waals surface area contributed by atoms with Crippen LogP contribution in [0.15, 0.2) is 30.3 Å². The lowest BCUT2D eigenvalue weighted by atomic mass is 10.2. The SMILES string of the molecule is Cc1cc(C(=O)Nc2cccc(N3CCOCC3)c2)c(C)n1C(C)C. The molecule has 0 radical (unpaired) electrons. The fourth-order valence-corrected chi connectivity index (χ4v) is 3.60. The van der Waals surface area contributed by atoms with Gasteiger partial charge in [-0.25, -0.2) is 0 Å². The van der Waals surface area contributed by atoms with Gasteiger partial charge in [-0.3, -0.25) is 4.79 Å². The summed E-state index contributed by atoms with van der Waals surface area (Å²) in [5.74, 6) is -0.0564. The Morgan fingerprint density at radius 1 is 1.16 bits per heavy atom. The van der Waals surface area contributed by atoms with Crippen LogP contribution < -0.4 is 10.2 Å². The molecular formula is C20H27N3O2. The lowest BCUT2D eigenvalue weighted by Crippen LogP contribution is -2.36. The van der Waals surface area contributed by atoms with Gasteiger partial charge < -0.3 is 19.5 Å². The Bertz CT molecular complexity index is 758. The number of carbonyl (C=O) groups is 1. The number of nitrogens with zero attached hydrogens (tertiary/aromatic N) is 2. The molecule has 0 saturated carbocycles. The highest BCUT2D eigenvalue weighted by atomic mass is 16.5. The van der Waals surface area contributed by atoms with Crippen molar-refractivity contribution < 1.29 is 9.53 Å². The van der Waals surface area contributed by atoms with Gasteiger partial charge in [-0.1, -0.05) is 6.07 Å². The zero-order chi connectivity index (χ0) is 18.0. The van der Waals surface area contributed by atoms with Crippen molar-refractivity contribution in [3.05, 3.63) is 47.3 Å². The predicted molar refractivity (Wildman–Crippen MR) is 102 cm³/mol. The first-order chi connectivity index (χ1) is 12.0. The Labute approximate surface area is 149 Å². The van der Waals surface area contributed by atoms with Crippen LogP contribution in [0.4, 0.5) is 11.4 Å². The molecule has 1 fully saturated rings. The van der Waals surface area contributed by atoms with Crippen molar-refractivity contribution in [1.29, 1.82) is 0 Å². The second-order valence-electron chi connectivity index (χ2n) is 6.85. The van der Waals surface area contributed by atoms with Crippen LogP contribution in [0.25, 0.3) is 0 Å². The van der Waals surface area contributed by atoms with Crippen LogP contribution in [-0.4, -0.2) is 36.8 Å². The number of ether oxygens (including phenoxy) is 1. The molecule has 0 atom stereocenters. The standard InChI is InChI=1S/C20H27N3O2/c1-14(2)23-15(3)12-19(16(23)4)20(24)21-17-6-5-7-18(13-17)22-8-10-25-11-9-22/h5-7,12-14H,8-11H2,1-4H3,(H,21,24). The number of aryl methyl sites for hydroxylation is 1. The summed E-state index contributed by atoms with van der Waals surface area (Å²) in [4.78, 5) is 15.0. The minimum Gasteiger partial charge on any atom is -0.378 e. The first-order valence-corrected chi connectivity index (χ1v) is 8.90. The topological polar surface area (TPSA) is 46.5 Å². The molecule has 1 aliphatic heterocycles. The normalized spacial score (nSPS) is 14.8. The molecule has 1 saturated heterocycles. The number of amides is 1. The summed E-state index contributed by atoms with van der Waals surface area (Å²) in [6.45, 7) is 11.6. The zero-order valence-corrected chi connectivity index (χ0v) is 15.5. The summed E-state index contributed by atoms with van der Waals surface area (Å²) < 4.78 is 7.60. The van der Waals surface area contributed by atoms with Crippen LogP contribution in [0.5, 0.6) is 0 Å². The van der Waals surface area contributed by atoms with Crippen LogP contribution in [0.3, 0.4) is 0 Å². The number of carbonyl (C=O) groups excluding carboxylic acids is 1. The van der Waals surface area contributed by atoms with Crippen LogP contribution in [0.2, 0.25) is 0 Å². The third kappa shape index (κ3) is 3.71. The van der Waals surface area contributed by atoms with Crippen molar-refractivity contribution in [2.75, 3.05) is 36.5 Å². The van der Waals surface area contributed by atoms with E-state index in [9.17, 15) is 4.79 Å². The molecule has 1 aromatic heterocycles. The number of rotatable bonds is 4. The second-order valence-corrected chi connectivity index (χ2v) is 6.85. The third-order valence-corrected chi connectivity index (χ3v) is 4.73. The van der Waals surface area contributed by atoms with Gasteiger partial charge >= 0.3 is 0 Å². The molecule has 134 valence electrons. The van der Waals surface area contributed by atoms with E-state index in [2.05, 4.69) is 34.7 Å². The second kappa shape index (κ2) is 7.31. The number of anilines is 2. The smallest absolute Gasteiger partial charge is 0.257 e. The van der Waals surface area contributed by atoms with Gasteiger partial charge in [0.25, 0.3) is 5.91 Å². The minimum absolute atomic E-state index is 0.0564. The molecule has 0 aliphatic carbocycles. The Kier molecular flexibility index (Phi) is 5.13. The Balaban J connectivity index is 1.78. The molecule has 5 heteroatoms. The molecule has 0 bridgehead atoms. The van der Waals surface area contributed by atoms with E-state index in [0.29, 0.717) is 6.04 Å². The number of benzene rings is 1. The van der Waals surface area contributed by atoms with E-state index in [4.69, 9.17) is 4.74 Å². The molecule has 1 aliphatic rings. The summed E-state index contributed by atoms with van der Waals surface area (Å²) in [5, 5.41) is 3.05. The summed E-state index contributed by atoms with van der Waals surface area (Å²) in [6, 6.07) is 10.3. The average Bonchev–Trinajstić information content (AvgIpc) is 2.90. The molecular weight excluding hydrogens is 314 g/mol. The molecule has 3 rings (SSSR count). The van der Waals surface area contributed by atoms with Crippen molar-refractivity contribution in [3.8, 4) is 0 Å². The molecule has 2 heterocycles. The first-order valence-electron chi connectivity index (χ1n) is 8.90. The molecule has 1 amide bonds. The van der Waals surface area contributed by atoms with Gasteiger partial charge in [0.1, 0.15) is 0 Å². The highest BCUT2D eigenvalue weighted by molar-refractivity contribution is 6.05. The highest BCUT2D eigenvalue weighted by Crippen LogP contribution is 2.23. The maximum atomic E-state index is 12.8. The van der Waals surface area contributed by atoms with Gasteiger partial charge in [0.2, 0.25) is 0 Å². The summed E-state index contributed by atoms with van der Waals surface area (Å²) in [7, 11) is 0. The van der Waals surface area contributed by atoms with Gasteiger partial charge in [0.05, 0.1) is 18.8 Å². The molecule has 1 N–H and O–H groups in total. The van der Waals surface area contributed by atoms with E-state index in [1.165, 1.54) is 0 Å². The number of hydrogen-bond donors (Lipinski definition) is 1. The zero-order valence-electron chi connectivity index (χ0n) is 15.5. The van der Waals surface area contributed by atoms with E-state index in [1.807, 2.05) is 38.1 Å². The van der Waals surface area contributed by atoms with Crippen molar-refractivity contribution in [1.82, 2.24) is 4.57 Å². The van der Waals surface area contributed by atoms with Gasteiger partial charge in [0, 0.05) is 41.9 Å². The van der Waals surface area contributed by atoms with Crippen molar-refractivity contribution >= 4 is 17.3 Å². The van der Waals surface area contributed by atoms with E-state index in [1.54, 1.807) is 0 Å². The Morgan fingerprint density at radius 2 is 1.88 bits per heavy atom. The van der Waals surface area contributed by atoms with Gasteiger partial charge in [-0.05, 0) is 52.0 Å².